The topological polar surface area (TPSA) is 70.2 Å². The second-order valence-electron chi connectivity index (χ2n) is 6.89. The lowest BCUT2D eigenvalue weighted by molar-refractivity contribution is -0.116. The molecule has 0 radical (unpaired) electrons. The third kappa shape index (κ3) is 3.02. The van der Waals surface area contributed by atoms with Gasteiger partial charge in [-0.25, -0.2) is 10.0 Å². The zero-order chi connectivity index (χ0) is 20.8. The normalized spacial score (nSPS) is 17.6. The lowest BCUT2D eigenvalue weighted by atomic mass is 10.1. The van der Waals surface area contributed by atoms with Crippen molar-refractivity contribution in [1.29, 1.82) is 0 Å². The van der Waals surface area contributed by atoms with Crippen LogP contribution in [0.15, 0.2) is 69.1 Å². The zero-order valence-corrected chi connectivity index (χ0v) is 17.8. The second-order valence-corrected chi connectivity index (χ2v) is 8.09. The van der Waals surface area contributed by atoms with Crippen molar-refractivity contribution in [2.24, 2.45) is 10.1 Å². The Hall–Kier alpha value is -3.03. The molecule has 1 unspecified atom stereocenters. The number of nitrogens with zero attached hydrogens (tertiary/aromatic N) is 3. The molecule has 0 aliphatic carbocycles. The van der Waals surface area contributed by atoms with E-state index in [-0.39, 0.29) is 5.91 Å². The molecule has 6 nitrogen and oxygen atoms in total. The van der Waals surface area contributed by atoms with Gasteiger partial charge in [0.05, 0.1) is 5.36 Å². The number of halogens is 1. The Kier molecular flexibility index (Phi) is 4.64. The summed E-state index contributed by atoms with van der Waals surface area (Å²) in [5, 5.41) is 11.7. The molecule has 1 atom stereocenters. The van der Waals surface area contributed by atoms with Crippen LogP contribution in [0.2, 0.25) is 5.02 Å². The molecule has 1 N–H and O–H groups in total. The highest BCUT2D eigenvalue weighted by Gasteiger charge is 2.35. The van der Waals surface area contributed by atoms with E-state index in [4.69, 9.17) is 21.0 Å². The van der Waals surface area contributed by atoms with Crippen LogP contribution in [0.5, 0.6) is 0 Å². The minimum atomic E-state index is -0.587. The Morgan fingerprint density at radius 2 is 1.97 bits per heavy atom. The fourth-order valence-corrected chi connectivity index (χ4v) is 4.15. The van der Waals surface area contributed by atoms with Gasteiger partial charge >= 0.3 is 0 Å². The van der Waals surface area contributed by atoms with Gasteiger partial charge in [0.15, 0.2) is 10.9 Å². The number of amidine groups is 1. The summed E-state index contributed by atoms with van der Waals surface area (Å²) in [5.41, 5.74) is 2.32. The Morgan fingerprint density at radius 1 is 1.13 bits per heavy atom. The van der Waals surface area contributed by atoms with Crippen molar-refractivity contribution in [2.45, 2.75) is 13.1 Å². The average Bonchev–Trinajstić information content (AvgIpc) is 3.24. The summed E-state index contributed by atoms with van der Waals surface area (Å²) in [5.74, 6) is 1.07. The first-order valence-corrected chi connectivity index (χ1v) is 10.9. The van der Waals surface area contributed by atoms with Crippen molar-refractivity contribution in [3.05, 3.63) is 81.5 Å². The van der Waals surface area contributed by atoms with Gasteiger partial charge in [-0.05, 0) is 43.0 Å². The number of carbonyl (C=O) groups is 1. The molecule has 0 bridgehead atoms. The van der Waals surface area contributed by atoms with Crippen LogP contribution in [0.3, 0.4) is 0 Å². The molecule has 0 saturated heterocycles. The van der Waals surface area contributed by atoms with Crippen LogP contribution in [-0.4, -0.2) is 22.3 Å². The highest BCUT2D eigenvalue weighted by Crippen LogP contribution is 2.35. The van der Waals surface area contributed by atoms with Gasteiger partial charge in [0.25, 0.3) is 5.91 Å². The number of nitrogens with one attached hydrogen (secondary N) is 1. The highest BCUT2D eigenvalue weighted by atomic mass is 35.5. The molecular weight excluding hydrogens is 420 g/mol. The summed E-state index contributed by atoms with van der Waals surface area (Å²) in [6.07, 6.45) is 1.28. The van der Waals surface area contributed by atoms with Crippen LogP contribution in [-0.2, 0) is 4.79 Å². The molecule has 8 heteroatoms. The van der Waals surface area contributed by atoms with Gasteiger partial charge < -0.3 is 4.42 Å². The molecule has 5 rings (SSSR count). The first kappa shape index (κ1) is 19.0. The van der Waals surface area contributed by atoms with Crippen molar-refractivity contribution in [3.8, 4) is 11.3 Å². The highest BCUT2D eigenvalue weighted by molar-refractivity contribution is 8.13. The van der Waals surface area contributed by atoms with Gasteiger partial charge in [0, 0.05) is 15.8 Å². The standard InChI is InChI=1S/C22H17ClN4O2S/c1-12-13(7-5-8-15(12)23)17-10-11-18(29-17)20-24-16-9-4-3-6-14(16)19-21(28)25-22(30-2)26-27(19)20/h3-11,20H,1-2H3,(H,25,26,28). The molecule has 3 aromatic rings. The third-order valence-electron chi connectivity index (χ3n) is 5.12. The molecule has 1 aromatic heterocycles. The Morgan fingerprint density at radius 3 is 2.80 bits per heavy atom. The smallest absolute Gasteiger partial charge is 0.276 e. The average molecular weight is 437 g/mol. The minimum Gasteiger partial charge on any atom is -0.457 e. The molecular formula is C22H17ClN4O2S. The first-order valence-electron chi connectivity index (χ1n) is 9.32. The predicted molar refractivity (Wildman–Crippen MR) is 118 cm³/mol. The van der Waals surface area contributed by atoms with E-state index in [0.29, 0.717) is 27.4 Å². The molecule has 2 aromatic carbocycles. The summed E-state index contributed by atoms with van der Waals surface area (Å²) < 4.78 is 6.20. The fourth-order valence-electron chi connectivity index (χ4n) is 3.62. The lowest BCUT2D eigenvalue weighted by Gasteiger charge is -2.32. The maximum atomic E-state index is 12.9. The quantitative estimate of drug-likeness (QED) is 0.668. The first-order chi connectivity index (χ1) is 14.6. The number of fused-ring (bicyclic) bond motifs is 2. The van der Waals surface area contributed by atoms with E-state index >= 15 is 0 Å². The van der Waals surface area contributed by atoms with Crippen molar-refractivity contribution in [3.63, 3.8) is 0 Å². The van der Waals surface area contributed by atoms with Crippen LogP contribution >= 0.6 is 23.4 Å². The van der Waals surface area contributed by atoms with Gasteiger partial charge in [0.1, 0.15) is 11.5 Å². The maximum Gasteiger partial charge on any atom is 0.276 e. The van der Waals surface area contributed by atoms with Crippen molar-refractivity contribution >= 4 is 40.1 Å². The number of thioether (sulfide) groups is 1. The second kappa shape index (κ2) is 7.34. The Bertz CT molecular complexity index is 1330. The molecule has 30 heavy (non-hydrogen) atoms. The molecule has 1 amide bonds. The van der Waals surface area contributed by atoms with E-state index in [1.165, 1.54) is 11.8 Å². The van der Waals surface area contributed by atoms with Crippen molar-refractivity contribution in [1.82, 2.24) is 10.3 Å². The van der Waals surface area contributed by atoms with Crippen LogP contribution in [0.4, 0.5) is 0 Å². The summed E-state index contributed by atoms with van der Waals surface area (Å²) >= 11 is 7.64. The number of hydrogen-bond acceptors (Lipinski definition) is 6. The Balaban J connectivity index is 1.67. The fraction of sp³-hybridized carbons (Fsp3) is 0.136. The molecule has 0 fully saturated rings. The van der Waals surface area contributed by atoms with Crippen molar-refractivity contribution in [2.75, 3.05) is 6.26 Å². The molecule has 2 aliphatic rings. The third-order valence-corrected chi connectivity index (χ3v) is 6.10. The molecule has 0 saturated carbocycles. The number of amides is 1. The van der Waals surface area contributed by atoms with E-state index in [0.717, 1.165) is 21.7 Å². The predicted octanol–water partition coefficient (Wildman–Crippen LogP) is 3.41. The van der Waals surface area contributed by atoms with E-state index in [1.54, 1.807) is 5.01 Å². The van der Waals surface area contributed by atoms with Gasteiger partial charge in [-0.2, -0.15) is 0 Å². The number of benzene rings is 2. The van der Waals surface area contributed by atoms with E-state index in [9.17, 15) is 4.79 Å². The summed E-state index contributed by atoms with van der Waals surface area (Å²) in [6.45, 7) is 1.96. The summed E-state index contributed by atoms with van der Waals surface area (Å²) in [4.78, 5) is 17.7. The zero-order valence-electron chi connectivity index (χ0n) is 16.2. The van der Waals surface area contributed by atoms with Gasteiger partial charge in [-0.1, -0.05) is 53.7 Å². The number of carbonyl (C=O) groups excluding carboxylic acids is 1. The molecule has 150 valence electrons. The number of rotatable bonds is 2. The van der Waals surface area contributed by atoms with E-state index in [1.807, 2.05) is 67.8 Å². The molecule has 3 heterocycles. The number of hydrogen-bond donors (Lipinski definition) is 1. The van der Waals surface area contributed by atoms with Crippen LogP contribution in [0.1, 0.15) is 17.5 Å². The number of para-hydroxylation sites is 1. The van der Waals surface area contributed by atoms with Gasteiger partial charge in [0.2, 0.25) is 6.17 Å². The largest absolute Gasteiger partial charge is 0.457 e. The van der Waals surface area contributed by atoms with E-state index in [2.05, 4.69) is 10.4 Å². The van der Waals surface area contributed by atoms with Crippen molar-refractivity contribution < 1.29 is 9.21 Å². The molecule has 2 aliphatic heterocycles. The van der Waals surface area contributed by atoms with Gasteiger partial charge in [-0.15, -0.1) is 5.10 Å². The Labute approximate surface area is 181 Å². The maximum absolute atomic E-state index is 12.9. The lowest BCUT2D eigenvalue weighted by Crippen LogP contribution is -2.50. The summed E-state index contributed by atoms with van der Waals surface area (Å²) in [7, 11) is 0. The van der Waals surface area contributed by atoms with E-state index < -0.39 is 6.17 Å². The molecule has 0 spiro atoms. The SMILES string of the molecule is CSC1=NN2C(=c3ccccc3=NC2c2ccc(-c3cccc(Cl)c3C)o2)C(=O)N1. The van der Waals surface area contributed by atoms with Crippen LogP contribution < -0.4 is 15.9 Å². The number of hydrazone groups is 1. The monoisotopic (exact) mass is 436 g/mol. The minimum absolute atomic E-state index is 0.209. The van der Waals surface area contributed by atoms with Crippen LogP contribution in [0.25, 0.3) is 17.0 Å². The van der Waals surface area contributed by atoms with Crippen LogP contribution in [0, 0.1) is 6.92 Å². The van der Waals surface area contributed by atoms with Gasteiger partial charge in [-0.3, -0.25) is 10.1 Å². The summed E-state index contributed by atoms with van der Waals surface area (Å²) in [6, 6.07) is 17.0. The number of furan rings is 1.